The van der Waals surface area contributed by atoms with Gasteiger partial charge in [0.1, 0.15) is 5.92 Å². The Morgan fingerprint density at radius 2 is 2.00 bits per heavy atom. The Labute approximate surface area is 113 Å². The summed E-state index contributed by atoms with van der Waals surface area (Å²) in [4.78, 5) is 25.6. The number of anilines is 1. The summed E-state index contributed by atoms with van der Waals surface area (Å²) in [5, 5.41) is 0. The van der Waals surface area contributed by atoms with Crippen molar-refractivity contribution in [2.75, 3.05) is 18.6 Å². The summed E-state index contributed by atoms with van der Waals surface area (Å²) in [6.07, 6.45) is 0.429. The quantitative estimate of drug-likeness (QED) is 0.604. The highest BCUT2D eigenvalue weighted by Crippen LogP contribution is 2.32. The van der Waals surface area contributed by atoms with Crippen molar-refractivity contribution in [1.29, 1.82) is 0 Å². The number of hydrogen-bond acceptors (Lipinski definition) is 3. The summed E-state index contributed by atoms with van der Waals surface area (Å²) in [5.41, 5.74) is 4.24. The third kappa shape index (κ3) is 2.35. The van der Waals surface area contributed by atoms with Crippen LogP contribution in [0.1, 0.15) is 23.6 Å². The van der Waals surface area contributed by atoms with E-state index in [0.29, 0.717) is 13.0 Å². The summed E-state index contributed by atoms with van der Waals surface area (Å²) in [6.45, 7) is 6.10. The molecule has 4 nitrogen and oxygen atoms in total. The van der Waals surface area contributed by atoms with Gasteiger partial charge >= 0.3 is 5.97 Å². The number of carbonyl (C=O) groups excluding carboxylic acids is 2. The summed E-state index contributed by atoms with van der Waals surface area (Å²) in [5.74, 6) is -1.32. The molecule has 0 bridgehead atoms. The van der Waals surface area contributed by atoms with Crippen molar-refractivity contribution in [2.45, 2.75) is 27.2 Å². The Hall–Kier alpha value is -1.84. The zero-order valence-corrected chi connectivity index (χ0v) is 11.8. The lowest BCUT2D eigenvalue weighted by molar-refractivity contribution is -0.151. The Morgan fingerprint density at radius 1 is 1.37 bits per heavy atom. The molecule has 0 saturated heterocycles. The monoisotopic (exact) mass is 261 g/mol. The van der Waals surface area contributed by atoms with Gasteiger partial charge in [-0.05, 0) is 49.9 Å². The molecule has 4 heteroatoms. The molecule has 0 fully saturated rings. The second-order valence-electron chi connectivity index (χ2n) is 4.97. The second-order valence-corrected chi connectivity index (χ2v) is 4.97. The fraction of sp³-hybridized carbons (Fsp3) is 0.467. The number of aryl methyl sites for hydroxylation is 2. The number of carbonyl (C=O) groups is 2. The zero-order chi connectivity index (χ0) is 14.2. The zero-order valence-electron chi connectivity index (χ0n) is 11.8. The molecule has 1 amide bonds. The number of ether oxygens (including phenoxy) is 1. The predicted octanol–water partition coefficient (Wildman–Crippen LogP) is 2.00. The molecule has 2 rings (SSSR count). The van der Waals surface area contributed by atoms with Gasteiger partial charge in [0.25, 0.3) is 0 Å². The fourth-order valence-corrected chi connectivity index (χ4v) is 2.42. The number of amides is 1. The summed E-state index contributed by atoms with van der Waals surface area (Å²) < 4.78 is 4.98. The normalized spacial score (nSPS) is 18.2. The predicted molar refractivity (Wildman–Crippen MR) is 73.2 cm³/mol. The molecule has 102 valence electrons. The number of rotatable bonds is 2. The molecule has 0 spiro atoms. The van der Waals surface area contributed by atoms with Crippen LogP contribution in [0.25, 0.3) is 0 Å². The van der Waals surface area contributed by atoms with Crippen LogP contribution in [-0.2, 0) is 20.7 Å². The van der Waals surface area contributed by atoms with Crippen LogP contribution < -0.4 is 4.90 Å². The van der Waals surface area contributed by atoms with Crippen LogP contribution in [-0.4, -0.2) is 25.5 Å². The van der Waals surface area contributed by atoms with Gasteiger partial charge in [0, 0.05) is 12.7 Å². The molecule has 0 radical (unpaired) electrons. The highest BCUT2D eigenvalue weighted by Gasteiger charge is 2.36. The molecule has 0 N–H and O–H groups in total. The summed E-state index contributed by atoms with van der Waals surface area (Å²) in [6, 6.07) is 4.06. The van der Waals surface area contributed by atoms with Crippen LogP contribution in [0.3, 0.4) is 0 Å². The highest BCUT2D eigenvalue weighted by molar-refractivity contribution is 6.08. The van der Waals surface area contributed by atoms with E-state index in [1.165, 1.54) is 5.56 Å². The van der Waals surface area contributed by atoms with Gasteiger partial charge in [0.05, 0.1) is 6.61 Å². The average Bonchev–Trinajstić information content (AvgIpc) is 2.36. The number of esters is 1. The molecule has 1 heterocycles. The number of nitrogens with zero attached hydrogens (tertiary/aromatic N) is 1. The van der Waals surface area contributed by atoms with E-state index in [2.05, 4.69) is 6.07 Å². The van der Waals surface area contributed by atoms with Crippen LogP contribution in [0.5, 0.6) is 0 Å². The second kappa shape index (κ2) is 5.03. The lowest BCUT2D eigenvalue weighted by Crippen LogP contribution is -2.43. The van der Waals surface area contributed by atoms with Crippen LogP contribution in [0, 0.1) is 19.8 Å². The van der Waals surface area contributed by atoms with Gasteiger partial charge in [-0.15, -0.1) is 0 Å². The van der Waals surface area contributed by atoms with Crippen LogP contribution in [0.2, 0.25) is 0 Å². The van der Waals surface area contributed by atoms with E-state index in [0.717, 1.165) is 16.8 Å². The smallest absolute Gasteiger partial charge is 0.318 e. The molecule has 1 aromatic carbocycles. The van der Waals surface area contributed by atoms with Gasteiger partial charge in [-0.25, -0.2) is 0 Å². The van der Waals surface area contributed by atoms with Crippen molar-refractivity contribution in [2.24, 2.45) is 5.92 Å². The first kappa shape index (κ1) is 13.6. The minimum atomic E-state index is -0.709. The number of fused-ring (bicyclic) bond motifs is 1. The van der Waals surface area contributed by atoms with Gasteiger partial charge < -0.3 is 9.64 Å². The van der Waals surface area contributed by atoms with Gasteiger partial charge in [0.15, 0.2) is 0 Å². The van der Waals surface area contributed by atoms with Crippen molar-refractivity contribution in [1.82, 2.24) is 0 Å². The van der Waals surface area contributed by atoms with Crippen LogP contribution >= 0.6 is 0 Å². The van der Waals surface area contributed by atoms with Gasteiger partial charge in [-0.1, -0.05) is 6.07 Å². The Kier molecular flexibility index (Phi) is 3.60. The molecule has 19 heavy (non-hydrogen) atoms. The molecular weight excluding hydrogens is 242 g/mol. The third-order valence-electron chi connectivity index (χ3n) is 3.68. The largest absolute Gasteiger partial charge is 0.465 e. The van der Waals surface area contributed by atoms with Crippen molar-refractivity contribution in [3.05, 3.63) is 28.8 Å². The molecule has 0 aliphatic carbocycles. The van der Waals surface area contributed by atoms with Gasteiger partial charge in [-0.3, -0.25) is 9.59 Å². The van der Waals surface area contributed by atoms with E-state index in [-0.39, 0.29) is 5.91 Å². The molecular formula is C15H19NO3. The van der Waals surface area contributed by atoms with Crippen molar-refractivity contribution in [3.63, 3.8) is 0 Å². The first-order valence-corrected chi connectivity index (χ1v) is 6.50. The number of hydrogen-bond donors (Lipinski definition) is 0. The fourth-order valence-electron chi connectivity index (χ4n) is 2.42. The van der Waals surface area contributed by atoms with E-state index in [1.807, 2.05) is 19.9 Å². The average molecular weight is 261 g/mol. The summed E-state index contributed by atoms with van der Waals surface area (Å²) in [7, 11) is 1.71. The minimum absolute atomic E-state index is 0.186. The maximum atomic E-state index is 12.2. The Bertz CT molecular complexity index is 536. The lowest BCUT2D eigenvalue weighted by Gasteiger charge is -2.31. The standard InChI is InChI=1S/C15H19NO3/c1-5-19-15(18)12-8-11-6-9(2)10(3)7-13(11)16(4)14(12)17/h6-7,12H,5,8H2,1-4H3/t12-/m1/s1. The molecule has 1 aliphatic rings. The van der Waals surface area contributed by atoms with Crippen molar-refractivity contribution >= 4 is 17.6 Å². The SMILES string of the molecule is CCOC(=O)[C@@H]1Cc2cc(C)c(C)cc2N(C)C1=O. The molecule has 1 atom stereocenters. The van der Waals surface area contributed by atoms with Crippen molar-refractivity contribution in [3.8, 4) is 0 Å². The maximum Gasteiger partial charge on any atom is 0.318 e. The van der Waals surface area contributed by atoms with Gasteiger partial charge in [0.2, 0.25) is 5.91 Å². The first-order chi connectivity index (χ1) is 8.95. The van der Waals surface area contributed by atoms with E-state index < -0.39 is 11.9 Å². The maximum absolute atomic E-state index is 12.2. The topological polar surface area (TPSA) is 46.6 Å². The van der Waals surface area contributed by atoms with E-state index in [9.17, 15) is 9.59 Å². The minimum Gasteiger partial charge on any atom is -0.465 e. The van der Waals surface area contributed by atoms with E-state index in [4.69, 9.17) is 4.74 Å². The molecule has 0 aromatic heterocycles. The number of benzene rings is 1. The van der Waals surface area contributed by atoms with E-state index in [1.54, 1.807) is 18.9 Å². The Balaban J connectivity index is 2.40. The summed E-state index contributed by atoms with van der Waals surface area (Å²) >= 11 is 0. The molecule has 0 unspecified atom stereocenters. The van der Waals surface area contributed by atoms with Crippen LogP contribution in [0.4, 0.5) is 5.69 Å². The van der Waals surface area contributed by atoms with E-state index >= 15 is 0 Å². The van der Waals surface area contributed by atoms with Crippen molar-refractivity contribution < 1.29 is 14.3 Å². The molecule has 0 saturated carbocycles. The lowest BCUT2D eigenvalue weighted by atomic mass is 9.89. The van der Waals surface area contributed by atoms with Gasteiger partial charge in [-0.2, -0.15) is 0 Å². The third-order valence-corrected chi connectivity index (χ3v) is 3.68. The Morgan fingerprint density at radius 3 is 2.63 bits per heavy atom. The molecule has 1 aliphatic heterocycles. The molecule has 1 aromatic rings. The highest BCUT2D eigenvalue weighted by atomic mass is 16.5. The van der Waals surface area contributed by atoms with Crippen LogP contribution in [0.15, 0.2) is 12.1 Å². The first-order valence-electron chi connectivity index (χ1n) is 6.50.